The van der Waals surface area contributed by atoms with E-state index in [9.17, 15) is 18.3 Å². The third-order valence-electron chi connectivity index (χ3n) is 3.87. The zero-order valence-corrected chi connectivity index (χ0v) is 13.6. The fourth-order valence-corrected chi connectivity index (χ4v) is 2.66. The molecule has 1 saturated heterocycles. The van der Waals surface area contributed by atoms with E-state index in [-0.39, 0.29) is 35.7 Å². The summed E-state index contributed by atoms with van der Waals surface area (Å²) in [7, 11) is 1.79. The normalized spacial score (nSPS) is 22.0. The van der Waals surface area contributed by atoms with Crippen molar-refractivity contribution in [2.45, 2.75) is 31.5 Å². The zero-order chi connectivity index (χ0) is 17.3. The number of halogens is 4. The van der Waals surface area contributed by atoms with Gasteiger partial charge in [-0.3, -0.25) is 0 Å². The maximum Gasteiger partial charge on any atom is 0.421 e. The van der Waals surface area contributed by atoms with Crippen molar-refractivity contribution in [1.82, 2.24) is 4.90 Å². The van der Waals surface area contributed by atoms with Crippen molar-refractivity contribution >= 4 is 23.6 Å². The third kappa shape index (κ3) is 3.40. The summed E-state index contributed by atoms with van der Waals surface area (Å²) in [5, 5.41) is 10.1. The monoisotopic (exact) mass is 350 g/mol. The fraction of sp³-hybridized carbons (Fsp3) is 0.533. The quantitative estimate of drug-likeness (QED) is 0.653. The Labute approximate surface area is 137 Å². The summed E-state index contributed by atoms with van der Waals surface area (Å²) >= 11 is 6.05. The summed E-state index contributed by atoms with van der Waals surface area (Å²) in [6.45, 7) is 2.60. The number of benzene rings is 1. The van der Waals surface area contributed by atoms with Gasteiger partial charge in [-0.05, 0) is 25.8 Å². The summed E-state index contributed by atoms with van der Waals surface area (Å²) in [5.41, 5.74) is -2.68. The van der Waals surface area contributed by atoms with Crippen molar-refractivity contribution in [3.8, 4) is 5.75 Å². The van der Waals surface area contributed by atoms with Crippen LogP contribution in [-0.2, 0) is 10.3 Å². The lowest BCUT2D eigenvalue weighted by molar-refractivity contribution is -0.269. The lowest BCUT2D eigenvalue weighted by Gasteiger charge is -2.32. The molecular formula is C15H18ClF3N2O2. The number of hydrogen-bond donors (Lipinski definition) is 1. The van der Waals surface area contributed by atoms with Crippen LogP contribution in [0.3, 0.4) is 0 Å². The van der Waals surface area contributed by atoms with Gasteiger partial charge < -0.3 is 14.7 Å². The number of phenolic OH excluding ortho intramolecular Hbond substituents is 1. The van der Waals surface area contributed by atoms with Crippen molar-refractivity contribution in [2.24, 2.45) is 4.99 Å². The van der Waals surface area contributed by atoms with Crippen LogP contribution in [0, 0.1) is 0 Å². The Hall–Kier alpha value is -1.47. The number of rotatable bonds is 4. The Morgan fingerprint density at radius 3 is 2.70 bits per heavy atom. The average Bonchev–Trinajstić information content (AvgIpc) is 2.97. The summed E-state index contributed by atoms with van der Waals surface area (Å²) < 4.78 is 45.5. The van der Waals surface area contributed by atoms with E-state index in [1.807, 2.05) is 6.92 Å². The van der Waals surface area contributed by atoms with Crippen LogP contribution < -0.4 is 0 Å². The topological polar surface area (TPSA) is 45.1 Å². The van der Waals surface area contributed by atoms with Gasteiger partial charge in [0.2, 0.25) is 0 Å². The van der Waals surface area contributed by atoms with Crippen LogP contribution >= 0.6 is 11.6 Å². The van der Waals surface area contributed by atoms with Crippen LogP contribution in [-0.4, -0.2) is 42.7 Å². The molecule has 1 unspecified atom stereocenters. The van der Waals surface area contributed by atoms with Gasteiger partial charge in [0.15, 0.2) is 5.60 Å². The van der Waals surface area contributed by atoms with Crippen LogP contribution in [0.25, 0.3) is 0 Å². The molecule has 0 spiro atoms. The molecule has 2 rings (SSSR count). The number of ether oxygens (including phenoxy) is 1. The van der Waals surface area contributed by atoms with Crippen molar-refractivity contribution < 1.29 is 23.0 Å². The van der Waals surface area contributed by atoms with Gasteiger partial charge in [-0.1, -0.05) is 11.6 Å². The molecule has 128 valence electrons. The first-order chi connectivity index (χ1) is 10.7. The van der Waals surface area contributed by atoms with Crippen molar-refractivity contribution in [3.05, 3.63) is 22.7 Å². The first-order valence-corrected chi connectivity index (χ1v) is 7.57. The van der Waals surface area contributed by atoms with E-state index in [0.717, 1.165) is 12.1 Å². The molecule has 23 heavy (non-hydrogen) atoms. The second kappa shape index (κ2) is 6.57. The van der Waals surface area contributed by atoms with Crippen molar-refractivity contribution in [3.63, 3.8) is 0 Å². The molecule has 0 saturated carbocycles. The van der Waals surface area contributed by atoms with E-state index >= 15 is 0 Å². The number of phenols is 1. The summed E-state index contributed by atoms with van der Waals surface area (Å²) in [4.78, 5) is 5.84. The number of nitrogens with zero attached hydrogens (tertiary/aromatic N) is 2. The Kier molecular flexibility index (Phi) is 5.10. The maximum atomic E-state index is 13.5. The molecule has 0 radical (unpaired) electrons. The highest BCUT2D eigenvalue weighted by Crippen LogP contribution is 2.52. The van der Waals surface area contributed by atoms with Gasteiger partial charge in [-0.25, -0.2) is 4.99 Å². The molecule has 8 heteroatoms. The van der Waals surface area contributed by atoms with E-state index in [4.69, 9.17) is 16.3 Å². The maximum absolute atomic E-state index is 13.5. The molecule has 1 fully saturated rings. The number of aliphatic imine (C=N–C) groups is 1. The van der Waals surface area contributed by atoms with Gasteiger partial charge in [-0.2, -0.15) is 13.2 Å². The smallest absolute Gasteiger partial charge is 0.421 e. The van der Waals surface area contributed by atoms with Gasteiger partial charge in [0.25, 0.3) is 0 Å². The van der Waals surface area contributed by atoms with Crippen molar-refractivity contribution in [1.29, 1.82) is 0 Å². The van der Waals surface area contributed by atoms with Crippen LogP contribution in [0.4, 0.5) is 18.9 Å². The molecule has 0 aromatic heterocycles. The van der Waals surface area contributed by atoms with E-state index in [2.05, 4.69) is 4.99 Å². The SMILES string of the molecule is CCN(C)/C=N\c1cc(O)c(C2(C(F)(F)F)CCCO2)cc1Cl. The lowest BCUT2D eigenvalue weighted by atomic mass is 9.89. The minimum absolute atomic E-state index is 0.0161. The Morgan fingerprint density at radius 1 is 1.48 bits per heavy atom. The highest BCUT2D eigenvalue weighted by molar-refractivity contribution is 6.33. The minimum Gasteiger partial charge on any atom is -0.507 e. The van der Waals surface area contributed by atoms with E-state index < -0.39 is 17.5 Å². The van der Waals surface area contributed by atoms with E-state index in [1.165, 1.54) is 6.34 Å². The highest BCUT2D eigenvalue weighted by Gasteiger charge is 2.60. The summed E-state index contributed by atoms with van der Waals surface area (Å²) in [6.07, 6.45) is -3.14. The number of hydrogen-bond acceptors (Lipinski definition) is 3. The van der Waals surface area contributed by atoms with Gasteiger partial charge in [0.1, 0.15) is 5.75 Å². The molecule has 0 amide bonds. The van der Waals surface area contributed by atoms with E-state index in [1.54, 1.807) is 11.9 Å². The van der Waals surface area contributed by atoms with Gasteiger partial charge in [0, 0.05) is 31.8 Å². The molecule has 1 aromatic rings. The number of aromatic hydroxyl groups is 1. The van der Waals surface area contributed by atoms with Crippen LogP contribution in [0.2, 0.25) is 5.02 Å². The molecule has 1 atom stereocenters. The van der Waals surface area contributed by atoms with Gasteiger partial charge >= 0.3 is 6.18 Å². The Bertz CT molecular complexity index is 599. The lowest BCUT2D eigenvalue weighted by Crippen LogP contribution is -2.41. The van der Waals surface area contributed by atoms with Crippen LogP contribution in [0.5, 0.6) is 5.75 Å². The third-order valence-corrected chi connectivity index (χ3v) is 4.18. The molecule has 1 aliphatic rings. The summed E-state index contributed by atoms with van der Waals surface area (Å²) in [6, 6.07) is 2.22. The highest BCUT2D eigenvalue weighted by atomic mass is 35.5. The standard InChI is InChI=1S/C15H18ClF3N2O2/c1-3-21(2)9-20-12-8-13(22)10(7-11(12)16)14(15(17,18)19)5-4-6-23-14/h7-9,22H,3-6H2,1-2H3/b20-9-. The second-order valence-corrected chi connectivity index (χ2v) is 5.82. The molecule has 1 N–H and O–H groups in total. The fourth-order valence-electron chi connectivity index (χ4n) is 2.44. The Morgan fingerprint density at radius 2 is 2.17 bits per heavy atom. The van der Waals surface area contributed by atoms with Gasteiger partial charge in [0.05, 0.1) is 17.0 Å². The first kappa shape index (κ1) is 17.9. The minimum atomic E-state index is -4.64. The predicted molar refractivity (Wildman–Crippen MR) is 82.5 cm³/mol. The molecule has 1 aromatic carbocycles. The first-order valence-electron chi connectivity index (χ1n) is 7.19. The predicted octanol–water partition coefficient (Wildman–Crippen LogP) is 4.23. The van der Waals surface area contributed by atoms with E-state index in [0.29, 0.717) is 6.54 Å². The molecule has 0 aliphatic carbocycles. The molecular weight excluding hydrogens is 333 g/mol. The van der Waals surface area contributed by atoms with Crippen LogP contribution in [0.15, 0.2) is 17.1 Å². The summed E-state index contributed by atoms with van der Waals surface area (Å²) in [5.74, 6) is -0.528. The number of alkyl halides is 3. The Balaban J connectivity index is 2.45. The average molecular weight is 351 g/mol. The van der Waals surface area contributed by atoms with Gasteiger partial charge in [-0.15, -0.1) is 0 Å². The second-order valence-electron chi connectivity index (χ2n) is 5.42. The molecule has 1 heterocycles. The van der Waals surface area contributed by atoms with Crippen LogP contribution in [0.1, 0.15) is 25.3 Å². The van der Waals surface area contributed by atoms with Crippen molar-refractivity contribution in [2.75, 3.05) is 20.2 Å². The molecule has 1 aliphatic heterocycles. The largest absolute Gasteiger partial charge is 0.507 e. The molecule has 0 bridgehead atoms. The zero-order valence-electron chi connectivity index (χ0n) is 12.8. The molecule has 4 nitrogen and oxygen atoms in total.